The van der Waals surface area contributed by atoms with Crippen LogP contribution >= 0.6 is 0 Å². The van der Waals surface area contributed by atoms with Crippen molar-refractivity contribution in [2.24, 2.45) is 0 Å². The summed E-state index contributed by atoms with van der Waals surface area (Å²) < 4.78 is 18.6. The topological polar surface area (TPSA) is 29.5 Å². The van der Waals surface area contributed by atoms with Gasteiger partial charge in [0.2, 0.25) is 0 Å². The number of ether oxygens (including phenoxy) is 1. The highest BCUT2D eigenvalue weighted by atomic mass is 19.1. The van der Waals surface area contributed by atoms with Crippen LogP contribution in [0.15, 0.2) is 12.1 Å². The van der Waals surface area contributed by atoms with Crippen molar-refractivity contribution in [3.8, 4) is 5.75 Å². The molecule has 0 atom stereocenters. The maximum absolute atomic E-state index is 13.2. The van der Waals surface area contributed by atoms with E-state index in [4.69, 9.17) is 9.84 Å². The summed E-state index contributed by atoms with van der Waals surface area (Å²) in [4.78, 5) is 0. The van der Waals surface area contributed by atoms with E-state index in [9.17, 15) is 4.39 Å². The molecule has 0 radical (unpaired) electrons. The molecule has 2 nitrogen and oxygen atoms in total. The van der Waals surface area contributed by atoms with Crippen LogP contribution in [0.3, 0.4) is 0 Å². The van der Waals surface area contributed by atoms with Gasteiger partial charge >= 0.3 is 0 Å². The minimum atomic E-state index is -0.283. The molecule has 0 bridgehead atoms. The highest BCUT2D eigenvalue weighted by Gasteiger charge is 2.18. The summed E-state index contributed by atoms with van der Waals surface area (Å²) in [7, 11) is 0. The number of fused-ring (bicyclic) bond motifs is 1. The molecule has 3 heteroatoms. The van der Waals surface area contributed by atoms with E-state index < -0.39 is 0 Å². The minimum Gasteiger partial charge on any atom is -0.493 e. The van der Waals surface area contributed by atoms with Crippen LogP contribution < -0.4 is 4.74 Å². The van der Waals surface area contributed by atoms with Crippen molar-refractivity contribution >= 4 is 0 Å². The smallest absolute Gasteiger partial charge is 0.130 e. The summed E-state index contributed by atoms with van der Waals surface area (Å²) in [6.07, 6.45) is 1.17. The van der Waals surface area contributed by atoms with E-state index in [0.717, 1.165) is 12.0 Å². The maximum Gasteiger partial charge on any atom is 0.130 e. The molecule has 1 aliphatic heterocycles. The van der Waals surface area contributed by atoms with Gasteiger partial charge in [-0.15, -0.1) is 0 Å². The first-order valence-electron chi connectivity index (χ1n) is 4.37. The van der Waals surface area contributed by atoms with E-state index in [1.54, 1.807) is 6.07 Å². The van der Waals surface area contributed by atoms with Crippen LogP contribution in [0, 0.1) is 5.82 Å². The lowest BCUT2D eigenvalue weighted by atomic mass is 10.1. The van der Waals surface area contributed by atoms with Gasteiger partial charge in [0.05, 0.1) is 6.61 Å². The summed E-state index contributed by atoms with van der Waals surface area (Å²) in [5.74, 6) is 0.365. The molecule has 0 saturated carbocycles. The lowest BCUT2D eigenvalue weighted by molar-refractivity contribution is 0.292. The Morgan fingerprint density at radius 3 is 3.08 bits per heavy atom. The van der Waals surface area contributed by atoms with Gasteiger partial charge in [-0.1, -0.05) is 6.07 Å². The summed E-state index contributed by atoms with van der Waals surface area (Å²) in [6.45, 7) is 0.577. The van der Waals surface area contributed by atoms with Gasteiger partial charge in [-0.2, -0.15) is 0 Å². The molecule has 70 valence electrons. The van der Waals surface area contributed by atoms with Crippen molar-refractivity contribution in [3.63, 3.8) is 0 Å². The van der Waals surface area contributed by atoms with Crippen LogP contribution in [0.2, 0.25) is 0 Å². The van der Waals surface area contributed by atoms with Crippen molar-refractivity contribution in [1.82, 2.24) is 0 Å². The fraction of sp³-hybridized carbons (Fsp3) is 0.400. The van der Waals surface area contributed by atoms with Crippen molar-refractivity contribution in [2.75, 3.05) is 13.2 Å². The fourth-order valence-electron chi connectivity index (χ4n) is 1.64. The zero-order chi connectivity index (χ0) is 9.26. The van der Waals surface area contributed by atoms with Gasteiger partial charge in [-0.3, -0.25) is 0 Å². The highest BCUT2D eigenvalue weighted by molar-refractivity contribution is 5.44. The van der Waals surface area contributed by atoms with E-state index in [1.807, 2.05) is 0 Å². The Morgan fingerprint density at radius 2 is 2.31 bits per heavy atom. The summed E-state index contributed by atoms with van der Waals surface area (Å²) in [5, 5.41) is 8.75. The van der Waals surface area contributed by atoms with Crippen molar-refractivity contribution in [1.29, 1.82) is 0 Å². The Bertz CT molecular complexity index is 323. The third-order valence-electron chi connectivity index (χ3n) is 2.26. The molecule has 2 rings (SSSR count). The number of hydrogen-bond acceptors (Lipinski definition) is 2. The molecule has 1 aromatic carbocycles. The molecule has 1 N–H and O–H groups in total. The number of benzene rings is 1. The Morgan fingerprint density at radius 1 is 1.46 bits per heavy atom. The highest BCUT2D eigenvalue weighted by Crippen LogP contribution is 2.31. The van der Waals surface area contributed by atoms with Crippen LogP contribution in [0.5, 0.6) is 5.75 Å². The van der Waals surface area contributed by atoms with E-state index in [1.165, 1.54) is 6.07 Å². The van der Waals surface area contributed by atoms with Crippen LogP contribution in [0.4, 0.5) is 4.39 Å². The molecule has 0 aliphatic carbocycles. The Balaban J connectivity index is 2.45. The van der Waals surface area contributed by atoms with Crippen LogP contribution in [0.1, 0.15) is 11.1 Å². The number of aliphatic hydroxyl groups is 1. The second-order valence-electron chi connectivity index (χ2n) is 3.09. The largest absolute Gasteiger partial charge is 0.493 e. The van der Waals surface area contributed by atoms with E-state index in [2.05, 4.69) is 0 Å². The third-order valence-corrected chi connectivity index (χ3v) is 2.26. The molecular formula is C10H11FO2. The first-order valence-corrected chi connectivity index (χ1v) is 4.37. The van der Waals surface area contributed by atoms with Gasteiger partial charge in [-0.25, -0.2) is 4.39 Å². The average Bonchev–Trinajstić information content (AvgIpc) is 2.58. The van der Waals surface area contributed by atoms with Crippen molar-refractivity contribution < 1.29 is 14.2 Å². The van der Waals surface area contributed by atoms with E-state index >= 15 is 0 Å². The predicted molar refractivity (Wildman–Crippen MR) is 46.4 cm³/mol. The normalized spacial score (nSPS) is 14.0. The predicted octanol–water partition coefficient (Wildman–Crippen LogP) is 1.30. The molecule has 13 heavy (non-hydrogen) atoms. The molecule has 1 heterocycles. The number of rotatable bonds is 2. The Hall–Kier alpha value is -1.09. The van der Waals surface area contributed by atoms with E-state index in [-0.39, 0.29) is 12.4 Å². The monoisotopic (exact) mass is 182 g/mol. The quantitative estimate of drug-likeness (QED) is 0.746. The van der Waals surface area contributed by atoms with Crippen molar-refractivity contribution in [3.05, 3.63) is 29.1 Å². The van der Waals surface area contributed by atoms with Gasteiger partial charge in [0, 0.05) is 25.0 Å². The number of halogens is 1. The lowest BCUT2D eigenvalue weighted by Crippen LogP contribution is -1.98. The first-order chi connectivity index (χ1) is 6.33. The zero-order valence-corrected chi connectivity index (χ0v) is 7.22. The molecule has 0 aromatic heterocycles. The third kappa shape index (κ3) is 1.40. The van der Waals surface area contributed by atoms with Gasteiger partial charge < -0.3 is 9.84 Å². The zero-order valence-electron chi connectivity index (χ0n) is 7.22. The first kappa shape index (κ1) is 8.51. The molecule has 0 amide bonds. The van der Waals surface area contributed by atoms with Crippen LogP contribution in [-0.4, -0.2) is 18.3 Å². The number of aliphatic hydroxyl groups excluding tert-OH is 1. The van der Waals surface area contributed by atoms with Gasteiger partial charge in [0.25, 0.3) is 0 Å². The minimum absolute atomic E-state index is 0.0449. The van der Waals surface area contributed by atoms with Crippen LogP contribution in [-0.2, 0) is 12.8 Å². The SMILES string of the molecule is OCCc1c(F)ccc2c1OCC2. The Labute approximate surface area is 76.0 Å². The molecule has 0 fully saturated rings. The van der Waals surface area contributed by atoms with E-state index in [0.29, 0.717) is 24.3 Å². The lowest BCUT2D eigenvalue weighted by Gasteiger charge is -2.07. The van der Waals surface area contributed by atoms with Gasteiger partial charge in [0.15, 0.2) is 0 Å². The Kier molecular flexibility index (Phi) is 2.19. The summed E-state index contributed by atoms with van der Waals surface area (Å²) in [5.41, 5.74) is 1.56. The van der Waals surface area contributed by atoms with Gasteiger partial charge in [0.1, 0.15) is 11.6 Å². The van der Waals surface area contributed by atoms with Crippen LogP contribution in [0.25, 0.3) is 0 Å². The molecule has 1 aliphatic rings. The maximum atomic E-state index is 13.2. The second kappa shape index (κ2) is 3.34. The standard InChI is InChI=1S/C10H11FO2/c11-9-2-1-7-4-6-13-10(7)8(9)3-5-12/h1-2,12H,3-6H2. The fourth-order valence-corrected chi connectivity index (χ4v) is 1.64. The average molecular weight is 182 g/mol. The summed E-state index contributed by atoms with van der Waals surface area (Å²) >= 11 is 0. The van der Waals surface area contributed by atoms with Gasteiger partial charge in [-0.05, 0) is 11.6 Å². The number of hydrogen-bond donors (Lipinski definition) is 1. The molecule has 0 spiro atoms. The summed E-state index contributed by atoms with van der Waals surface area (Å²) in [6, 6.07) is 3.19. The second-order valence-corrected chi connectivity index (χ2v) is 3.09. The molecular weight excluding hydrogens is 171 g/mol. The molecule has 1 aromatic rings. The molecule has 0 saturated heterocycles. The molecule has 0 unspecified atom stereocenters. The van der Waals surface area contributed by atoms with Crippen molar-refractivity contribution in [2.45, 2.75) is 12.8 Å².